The van der Waals surface area contributed by atoms with Gasteiger partial charge in [-0.3, -0.25) is 5.10 Å². The molecule has 0 unspecified atom stereocenters. The van der Waals surface area contributed by atoms with Crippen LogP contribution >= 0.6 is 0 Å². The lowest BCUT2D eigenvalue weighted by Crippen LogP contribution is -2.18. The normalized spacial score (nSPS) is 18.4. The van der Waals surface area contributed by atoms with Gasteiger partial charge in [-0.2, -0.15) is 5.10 Å². The van der Waals surface area contributed by atoms with Gasteiger partial charge in [0.25, 0.3) is 5.89 Å². The monoisotopic (exact) mass is 191 g/mol. The van der Waals surface area contributed by atoms with Crippen molar-refractivity contribution < 1.29 is 4.42 Å². The van der Waals surface area contributed by atoms with Crippen molar-refractivity contribution in [2.24, 2.45) is 5.73 Å². The first-order valence-electron chi connectivity index (χ1n) is 4.41. The van der Waals surface area contributed by atoms with E-state index in [1.807, 2.05) is 0 Å². The van der Waals surface area contributed by atoms with E-state index in [2.05, 4.69) is 20.4 Å². The van der Waals surface area contributed by atoms with Crippen molar-refractivity contribution in [2.75, 3.05) is 0 Å². The molecule has 1 aliphatic rings. The number of rotatable bonds is 2. The average molecular weight is 191 g/mol. The summed E-state index contributed by atoms with van der Waals surface area (Å²) in [4.78, 5) is 0. The molecule has 2 aromatic rings. The van der Waals surface area contributed by atoms with E-state index in [1.54, 1.807) is 12.3 Å². The standard InChI is InChI=1S/C8H9N5O/c9-8(2-3-8)7-13-12-6(14-7)5-1-4-10-11-5/h1,4H,2-3,9H2,(H,10,11). The highest BCUT2D eigenvalue weighted by molar-refractivity contribution is 5.44. The Kier molecular flexibility index (Phi) is 1.33. The van der Waals surface area contributed by atoms with E-state index in [9.17, 15) is 0 Å². The fourth-order valence-electron chi connectivity index (χ4n) is 1.26. The minimum atomic E-state index is -0.370. The lowest BCUT2D eigenvalue weighted by molar-refractivity contribution is 0.448. The van der Waals surface area contributed by atoms with Crippen molar-refractivity contribution in [2.45, 2.75) is 18.4 Å². The molecule has 1 aliphatic carbocycles. The van der Waals surface area contributed by atoms with Gasteiger partial charge in [0.15, 0.2) is 0 Å². The predicted octanol–water partition coefficient (Wildman–Crippen LogP) is 0.408. The molecule has 0 spiro atoms. The molecule has 1 saturated carbocycles. The lowest BCUT2D eigenvalue weighted by atomic mass is 10.3. The van der Waals surface area contributed by atoms with Crippen molar-refractivity contribution in [3.63, 3.8) is 0 Å². The number of aromatic amines is 1. The molecule has 0 aliphatic heterocycles. The van der Waals surface area contributed by atoms with E-state index in [0.29, 0.717) is 17.5 Å². The molecule has 0 amide bonds. The van der Waals surface area contributed by atoms with Gasteiger partial charge in [-0.1, -0.05) is 0 Å². The van der Waals surface area contributed by atoms with E-state index in [1.165, 1.54) is 0 Å². The third-order valence-corrected chi connectivity index (χ3v) is 2.37. The van der Waals surface area contributed by atoms with Crippen LogP contribution in [0, 0.1) is 0 Å². The molecule has 6 heteroatoms. The van der Waals surface area contributed by atoms with Crippen molar-refractivity contribution >= 4 is 0 Å². The highest BCUT2D eigenvalue weighted by Gasteiger charge is 2.45. The van der Waals surface area contributed by atoms with Crippen molar-refractivity contribution in [1.82, 2.24) is 20.4 Å². The van der Waals surface area contributed by atoms with Crippen LogP contribution < -0.4 is 5.73 Å². The number of nitrogens with one attached hydrogen (secondary N) is 1. The van der Waals surface area contributed by atoms with Gasteiger partial charge in [0.05, 0.1) is 5.54 Å². The SMILES string of the molecule is NC1(c2nnc(-c3ccn[nH]3)o2)CC1. The summed E-state index contributed by atoms with van der Waals surface area (Å²) in [5.41, 5.74) is 6.26. The molecule has 0 saturated heterocycles. The smallest absolute Gasteiger partial charge is 0.265 e. The third kappa shape index (κ3) is 1.04. The second-order valence-corrected chi connectivity index (χ2v) is 3.54. The number of hydrogen-bond acceptors (Lipinski definition) is 5. The molecule has 0 radical (unpaired) electrons. The summed E-state index contributed by atoms with van der Waals surface area (Å²) in [5, 5.41) is 14.4. The summed E-state index contributed by atoms with van der Waals surface area (Å²) >= 11 is 0. The molecule has 1 fully saturated rings. The van der Waals surface area contributed by atoms with Gasteiger partial charge < -0.3 is 10.2 Å². The first-order chi connectivity index (χ1) is 6.78. The van der Waals surface area contributed by atoms with Crippen LogP contribution in [0.15, 0.2) is 16.7 Å². The molecule has 3 N–H and O–H groups in total. The number of aromatic nitrogens is 4. The van der Waals surface area contributed by atoms with E-state index in [0.717, 1.165) is 12.8 Å². The molecule has 14 heavy (non-hydrogen) atoms. The van der Waals surface area contributed by atoms with E-state index < -0.39 is 0 Å². The Hall–Kier alpha value is -1.69. The Morgan fingerprint density at radius 1 is 1.43 bits per heavy atom. The van der Waals surface area contributed by atoms with Gasteiger partial charge in [0.1, 0.15) is 5.69 Å². The molecule has 2 aromatic heterocycles. The zero-order chi connectivity index (χ0) is 9.60. The Balaban J connectivity index is 1.98. The Bertz CT molecular complexity index is 442. The van der Waals surface area contributed by atoms with Crippen LogP contribution in [-0.2, 0) is 5.54 Å². The quantitative estimate of drug-likeness (QED) is 0.716. The number of nitrogens with two attached hydrogens (primary N) is 1. The second kappa shape index (κ2) is 2.42. The predicted molar refractivity (Wildman–Crippen MR) is 47.0 cm³/mol. The van der Waals surface area contributed by atoms with Crippen LogP contribution in [0.2, 0.25) is 0 Å². The topological polar surface area (TPSA) is 93.6 Å². The number of nitrogens with zero attached hydrogens (tertiary/aromatic N) is 3. The lowest BCUT2D eigenvalue weighted by Gasteiger charge is -1.98. The molecular formula is C8H9N5O. The Labute approximate surface area is 79.5 Å². The molecule has 0 bridgehead atoms. The van der Waals surface area contributed by atoms with E-state index >= 15 is 0 Å². The van der Waals surface area contributed by atoms with E-state index in [4.69, 9.17) is 10.2 Å². The summed E-state index contributed by atoms with van der Waals surface area (Å²) in [7, 11) is 0. The maximum Gasteiger partial charge on any atom is 0.265 e. The number of H-pyrrole nitrogens is 1. The Morgan fingerprint density at radius 3 is 2.93 bits per heavy atom. The highest BCUT2D eigenvalue weighted by Crippen LogP contribution is 2.42. The fraction of sp³-hybridized carbons (Fsp3) is 0.375. The first-order valence-corrected chi connectivity index (χ1v) is 4.41. The number of hydrogen-bond donors (Lipinski definition) is 2. The molecule has 6 nitrogen and oxygen atoms in total. The van der Waals surface area contributed by atoms with Crippen LogP contribution in [0.25, 0.3) is 11.6 Å². The molecule has 0 atom stereocenters. The van der Waals surface area contributed by atoms with Crippen LogP contribution in [0.3, 0.4) is 0 Å². The zero-order valence-electron chi connectivity index (χ0n) is 7.40. The Morgan fingerprint density at radius 2 is 2.29 bits per heavy atom. The maximum absolute atomic E-state index is 5.91. The zero-order valence-corrected chi connectivity index (χ0v) is 7.40. The largest absolute Gasteiger partial charge is 0.417 e. The van der Waals surface area contributed by atoms with Gasteiger partial charge in [-0.15, -0.1) is 10.2 Å². The van der Waals surface area contributed by atoms with Crippen LogP contribution in [0.4, 0.5) is 0 Å². The van der Waals surface area contributed by atoms with Crippen LogP contribution in [-0.4, -0.2) is 20.4 Å². The summed E-state index contributed by atoms with van der Waals surface area (Å²) in [6, 6.07) is 1.77. The molecule has 2 heterocycles. The maximum atomic E-state index is 5.91. The van der Waals surface area contributed by atoms with Crippen LogP contribution in [0.1, 0.15) is 18.7 Å². The first kappa shape index (κ1) is 7.69. The van der Waals surface area contributed by atoms with Crippen molar-refractivity contribution in [3.8, 4) is 11.6 Å². The summed E-state index contributed by atoms with van der Waals surface area (Å²) in [6.45, 7) is 0. The highest BCUT2D eigenvalue weighted by atomic mass is 16.4. The average Bonchev–Trinajstić information content (AvgIpc) is 2.73. The minimum Gasteiger partial charge on any atom is -0.417 e. The fourth-order valence-corrected chi connectivity index (χ4v) is 1.26. The molecule has 72 valence electrons. The second-order valence-electron chi connectivity index (χ2n) is 3.54. The molecule has 0 aromatic carbocycles. The van der Waals surface area contributed by atoms with Gasteiger partial charge in [-0.25, -0.2) is 0 Å². The summed E-state index contributed by atoms with van der Waals surface area (Å²) < 4.78 is 5.44. The van der Waals surface area contributed by atoms with Gasteiger partial charge in [-0.05, 0) is 18.9 Å². The van der Waals surface area contributed by atoms with Crippen molar-refractivity contribution in [3.05, 3.63) is 18.2 Å². The van der Waals surface area contributed by atoms with Crippen molar-refractivity contribution in [1.29, 1.82) is 0 Å². The van der Waals surface area contributed by atoms with Gasteiger partial charge in [0.2, 0.25) is 5.89 Å². The minimum absolute atomic E-state index is 0.370. The molecular weight excluding hydrogens is 182 g/mol. The third-order valence-electron chi connectivity index (χ3n) is 2.37. The van der Waals surface area contributed by atoms with Crippen LogP contribution in [0.5, 0.6) is 0 Å². The summed E-state index contributed by atoms with van der Waals surface area (Å²) in [6.07, 6.45) is 3.46. The van der Waals surface area contributed by atoms with E-state index in [-0.39, 0.29) is 5.54 Å². The van der Waals surface area contributed by atoms with Gasteiger partial charge >= 0.3 is 0 Å². The van der Waals surface area contributed by atoms with Gasteiger partial charge in [0, 0.05) is 6.20 Å². The summed E-state index contributed by atoms with van der Waals surface area (Å²) in [5.74, 6) is 0.955. The molecule has 3 rings (SSSR count).